The fourth-order valence-electron chi connectivity index (χ4n) is 4.67. The fourth-order valence-corrected chi connectivity index (χ4v) is 5.34. The van der Waals surface area contributed by atoms with Crippen LogP contribution in [0.1, 0.15) is 42.9 Å². The summed E-state index contributed by atoms with van der Waals surface area (Å²) < 4.78 is 1.82. The molecule has 10 heteroatoms. The Labute approximate surface area is 237 Å². The zero-order valence-electron chi connectivity index (χ0n) is 21.4. The Morgan fingerprint density at radius 2 is 1.79 bits per heavy atom. The van der Waals surface area contributed by atoms with Crippen LogP contribution in [0.2, 0.25) is 15.1 Å². The molecule has 38 heavy (non-hydrogen) atoms. The minimum absolute atomic E-state index is 0.0900. The van der Waals surface area contributed by atoms with Gasteiger partial charge in [0.1, 0.15) is 11.6 Å². The van der Waals surface area contributed by atoms with E-state index in [0.717, 1.165) is 54.2 Å². The zero-order valence-corrected chi connectivity index (χ0v) is 23.6. The second-order valence-corrected chi connectivity index (χ2v) is 11.2. The third-order valence-corrected chi connectivity index (χ3v) is 7.48. The number of aryl methyl sites for hydroxylation is 1. The van der Waals surface area contributed by atoms with Crippen molar-refractivity contribution in [2.24, 2.45) is 5.92 Å². The molecule has 2 aromatic heterocycles. The number of carbonyl (C=O) groups excluding carboxylic acids is 1. The van der Waals surface area contributed by atoms with Crippen molar-refractivity contribution < 1.29 is 4.79 Å². The number of nitrogens with zero attached hydrogens (tertiary/aromatic N) is 6. The van der Waals surface area contributed by atoms with Gasteiger partial charge in [-0.2, -0.15) is 5.10 Å². The Balaban J connectivity index is 1.47. The van der Waals surface area contributed by atoms with Gasteiger partial charge in [0.05, 0.1) is 27.9 Å². The predicted molar refractivity (Wildman–Crippen MR) is 154 cm³/mol. The monoisotopic (exact) mass is 570 g/mol. The molecular formula is C28H29Cl3N6O. The fraction of sp³-hybridized carbons (Fsp3) is 0.357. The van der Waals surface area contributed by atoms with Gasteiger partial charge in [-0.25, -0.2) is 14.6 Å². The quantitative estimate of drug-likeness (QED) is 0.257. The normalized spacial score (nSPS) is 14.4. The van der Waals surface area contributed by atoms with Crippen molar-refractivity contribution in [3.05, 3.63) is 75.1 Å². The van der Waals surface area contributed by atoms with E-state index in [2.05, 4.69) is 23.8 Å². The second kappa shape index (κ2) is 11.5. The standard InChI is InChI=1S/C28H29Cl3N6O/c1-18(2)7-10-25-33-26(23-17-32-37(27(23)34-25)21-6-3-5-19(29)15-21)35-11-4-12-36(14-13-35)28(38)22-9-8-20(30)16-24(22)31/h3,5-6,8-9,15-18H,4,7,10-14H2,1-2H3. The highest BCUT2D eigenvalue weighted by Crippen LogP contribution is 2.29. The minimum atomic E-state index is -0.0900. The molecule has 1 aliphatic rings. The number of rotatable bonds is 6. The number of benzene rings is 2. The van der Waals surface area contributed by atoms with Gasteiger partial charge in [0, 0.05) is 42.6 Å². The molecule has 1 aliphatic heterocycles. The van der Waals surface area contributed by atoms with E-state index in [1.165, 1.54) is 0 Å². The molecule has 1 saturated heterocycles. The van der Waals surface area contributed by atoms with Crippen molar-refractivity contribution in [3.63, 3.8) is 0 Å². The van der Waals surface area contributed by atoms with E-state index in [0.29, 0.717) is 46.2 Å². The highest BCUT2D eigenvalue weighted by atomic mass is 35.5. The molecule has 4 aromatic rings. The van der Waals surface area contributed by atoms with Crippen molar-refractivity contribution in [2.75, 3.05) is 31.1 Å². The first-order chi connectivity index (χ1) is 18.3. The lowest BCUT2D eigenvalue weighted by Crippen LogP contribution is -2.35. The van der Waals surface area contributed by atoms with Crippen LogP contribution < -0.4 is 4.90 Å². The van der Waals surface area contributed by atoms with Gasteiger partial charge in [0.25, 0.3) is 5.91 Å². The van der Waals surface area contributed by atoms with Crippen LogP contribution in [0, 0.1) is 5.92 Å². The summed E-state index contributed by atoms with van der Waals surface area (Å²) in [4.78, 5) is 27.3. The van der Waals surface area contributed by atoms with Crippen LogP contribution in [0.3, 0.4) is 0 Å². The Kier molecular flexibility index (Phi) is 8.07. The van der Waals surface area contributed by atoms with Crippen LogP contribution in [0.25, 0.3) is 16.7 Å². The van der Waals surface area contributed by atoms with Gasteiger partial charge in [-0.3, -0.25) is 4.79 Å². The van der Waals surface area contributed by atoms with E-state index >= 15 is 0 Å². The number of aromatic nitrogens is 4. The van der Waals surface area contributed by atoms with E-state index in [1.54, 1.807) is 18.2 Å². The van der Waals surface area contributed by atoms with Gasteiger partial charge in [-0.1, -0.05) is 54.7 Å². The molecule has 0 atom stereocenters. The number of anilines is 1. The largest absolute Gasteiger partial charge is 0.354 e. The molecule has 0 N–H and O–H groups in total. The molecule has 0 saturated carbocycles. The molecular weight excluding hydrogens is 543 g/mol. The Hall–Kier alpha value is -2.87. The maximum absolute atomic E-state index is 13.3. The number of halogens is 3. The van der Waals surface area contributed by atoms with Crippen LogP contribution in [-0.4, -0.2) is 56.7 Å². The molecule has 1 fully saturated rings. The van der Waals surface area contributed by atoms with E-state index in [-0.39, 0.29) is 5.91 Å². The Bertz CT molecular complexity index is 1470. The van der Waals surface area contributed by atoms with Gasteiger partial charge in [-0.15, -0.1) is 0 Å². The lowest BCUT2D eigenvalue weighted by Gasteiger charge is -2.24. The molecule has 7 nitrogen and oxygen atoms in total. The SMILES string of the molecule is CC(C)CCc1nc(N2CCCN(C(=O)c3ccc(Cl)cc3Cl)CC2)c2cnn(-c3cccc(Cl)c3)c2n1. The maximum Gasteiger partial charge on any atom is 0.255 e. The average molecular weight is 572 g/mol. The number of hydrogen-bond acceptors (Lipinski definition) is 5. The predicted octanol–water partition coefficient (Wildman–Crippen LogP) is 6.72. The van der Waals surface area contributed by atoms with Crippen LogP contribution in [-0.2, 0) is 6.42 Å². The van der Waals surface area contributed by atoms with Crippen molar-refractivity contribution in [1.29, 1.82) is 0 Å². The zero-order chi connectivity index (χ0) is 26.8. The van der Waals surface area contributed by atoms with Crippen LogP contribution in [0.15, 0.2) is 48.7 Å². The topological polar surface area (TPSA) is 67.2 Å². The van der Waals surface area contributed by atoms with Gasteiger partial charge in [0.15, 0.2) is 5.65 Å². The Morgan fingerprint density at radius 1 is 0.974 bits per heavy atom. The van der Waals surface area contributed by atoms with Crippen molar-refractivity contribution in [2.45, 2.75) is 33.1 Å². The van der Waals surface area contributed by atoms with Crippen molar-refractivity contribution in [3.8, 4) is 5.69 Å². The molecule has 0 aliphatic carbocycles. The summed E-state index contributed by atoms with van der Waals surface area (Å²) in [7, 11) is 0. The van der Waals surface area contributed by atoms with Crippen LogP contribution in [0.5, 0.6) is 0 Å². The van der Waals surface area contributed by atoms with Gasteiger partial charge in [-0.05, 0) is 55.2 Å². The molecule has 2 aromatic carbocycles. The number of carbonyl (C=O) groups is 1. The summed E-state index contributed by atoms with van der Waals surface area (Å²) in [6.45, 7) is 6.97. The Morgan fingerprint density at radius 3 is 2.55 bits per heavy atom. The third-order valence-electron chi connectivity index (χ3n) is 6.70. The minimum Gasteiger partial charge on any atom is -0.354 e. The van der Waals surface area contributed by atoms with Crippen LogP contribution in [0.4, 0.5) is 5.82 Å². The first-order valence-electron chi connectivity index (χ1n) is 12.8. The molecule has 198 valence electrons. The molecule has 3 heterocycles. The smallest absolute Gasteiger partial charge is 0.255 e. The molecule has 5 rings (SSSR count). The summed E-state index contributed by atoms with van der Waals surface area (Å²) in [5, 5.41) is 7.04. The highest BCUT2D eigenvalue weighted by molar-refractivity contribution is 6.36. The lowest BCUT2D eigenvalue weighted by atomic mass is 10.1. The first-order valence-corrected chi connectivity index (χ1v) is 13.9. The molecule has 0 radical (unpaired) electrons. The van der Waals surface area contributed by atoms with Crippen molar-refractivity contribution >= 4 is 57.6 Å². The summed E-state index contributed by atoms with van der Waals surface area (Å²) in [5.74, 6) is 2.08. The molecule has 0 bridgehead atoms. The first kappa shape index (κ1) is 26.7. The number of amides is 1. The van der Waals surface area contributed by atoms with E-state index in [1.807, 2.05) is 40.0 Å². The third kappa shape index (κ3) is 5.75. The van der Waals surface area contributed by atoms with Gasteiger partial charge < -0.3 is 9.80 Å². The molecule has 1 amide bonds. The van der Waals surface area contributed by atoms with Crippen molar-refractivity contribution in [1.82, 2.24) is 24.6 Å². The maximum atomic E-state index is 13.3. The van der Waals surface area contributed by atoms with E-state index in [4.69, 9.17) is 44.8 Å². The summed E-state index contributed by atoms with van der Waals surface area (Å²) >= 11 is 18.6. The summed E-state index contributed by atoms with van der Waals surface area (Å²) in [6.07, 6.45) is 4.38. The lowest BCUT2D eigenvalue weighted by molar-refractivity contribution is 0.0767. The summed E-state index contributed by atoms with van der Waals surface area (Å²) in [5.41, 5.74) is 2.06. The average Bonchev–Trinajstić information content (AvgIpc) is 3.15. The van der Waals surface area contributed by atoms with Gasteiger partial charge in [0.2, 0.25) is 0 Å². The highest BCUT2D eigenvalue weighted by Gasteiger charge is 2.25. The molecule has 0 spiro atoms. The number of hydrogen-bond donors (Lipinski definition) is 0. The number of fused-ring (bicyclic) bond motifs is 1. The van der Waals surface area contributed by atoms with Gasteiger partial charge >= 0.3 is 0 Å². The van der Waals surface area contributed by atoms with E-state index in [9.17, 15) is 4.79 Å². The van der Waals surface area contributed by atoms with E-state index < -0.39 is 0 Å². The van der Waals surface area contributed by atoms with Crippen LogP contribution >= 0.6 is 34.8 Å². The molecule has 0 unspecified atom stereocenters. The second-order valence-electron chi connectivity index (χ2n) is 9.93. The summed E-state index contributed by atoms with van der Waals surface area (Å²) in [6, 6.07) is 12.6.